The van der Waals surface area contributed by atoms with Crippen molar-refractivity contribution in [1.82, 2.24) is 4.90 Å². The molecule has 0 spiro atoms. The highest BCUT2D eigenvalue weighted by Gasteiger charge is 2.48. The van der Waals surface area contributed by atoms with Gasteiger partial charge in [-0.25, -0.2) is 0 Å². The van der Waals surface area contributed by atoms with Crippen LogP contribution in [0.2, 0.25) is 0 Å². The van der Waals surface area contributed by atoms with E-state index in [-0.39, 0.29) is 11.5 Å². The van der Waals surface area contributed by atoms with E-state index < -0.39 is 0 Å². The van der Waals surface area contributed by atoms with Crippen molar-refractivity contribution in [3.8, 4) is 11.5 Å². The summed E-state index contributed by atoms with van der Waals surface area (Å²) in [6.07, 6.45) is 6.92. The minimum atomic E-state index is 0.0450. The summed E-state index contributed by atoms with van der Waals surface area (Å²) >= 11 is 0. The van der Waals surface area contributed by atoms with Crippen LogP contribution in [0, 0.1) is 0 Å². The molecule has 4 heteroatoms. The number of hydrogen-bond donors (Lipinski definition) is 0. The van der Waals surface area contributed by atoms with E-state index in [4.69, 9.17) is 14.2 Å². The summed E-state index contributed by atoms with van der Waals surface area (Å²) in [6, 6.07) is 6.77. The van der Waals surface area contributed by atoms with Crippen LogP contribution in [-0.2, 0) is 10.2 Å². The van der Waals surface area contributed by atoms with Gasteiger partial charge in [-0.3, -0.25) is 0 Å². The van der Waals surface area contributed by atoms with Crippen LogP contribution in [0.25, 0.3) is 0 Å². The first kappa shape index (κ1) is 15.4. The number of hydrogen-bond acceptors (Lipinski definition) is 4. The minimum absolute atomic E-state index is 0.0450. The number of ether oxygens (including phenoxy) is 3. The summed E-state index contributed by atoms with van der Waals surface area (Å²) in [5, 5.41) is 0. The molecule has 1 aliphatic heterocycles. The predicted octanol–water partition coefficient (Wildman–Crippen LogP) is 2.62. The normalized spacial score (nSPS) is 31.1. The third-order valence-corrected chi connectivity index (χ3v) is 5.29. The molecule has 4 nitrogen and oxygen atoms in total. The topological polar surface area (TPSA) is 30.9 Å². The molecule has 0 aromatic heterocycles. The van der Waals surface area contributed by atoms with Crippen molar-refractivity contribution in [2.24, 2.45) is 0 Å². The van der Waals surface area contributed by atoms with Gasteiger partial charge in [0.15, 0.2) is 11.5 Å². The zero-order chi connectivity index (χ0) is 15.7. The van der Waals surface area contributed by atoms with E-state index in [1.807, 2.05) is 6.07 Å². The predicted molar refractivity (Wildman–Crippen MR) is 86.8 cm³/mol. The molecule has 120 valence electrons. The maximum absolute atomic E-state index is 5.55. The van der Waals surface area contributed by atoms with Crippen molar-refractivity contribution >= 4 is 0 Å². The zero-order valence-corrected chi connectivity index (χ0v) is 13.8. The molecule has 0 saturated carbocycles. The van der Waals surface area contributed by atoms with Crippen LogP contribution in [0.3, 0.4) is 0 Å². The Morgan fingerprint density at radius 1 is 1.14 bits per heavy atom. The van der Waals surface area contributed by atoms with Gasteiger partial charge in [0.1, 0.15) is 0 Å². The Morgan fingerprint density at radius 2 is 1.91 bits per heavy atom. The molecule has 0 radical (unpaired) electrons. The number of benzene rings is 1. The highest BCUT2D eigenvalue weighted by Crippen LogP contribution is 2.47. The van der Waals surface area contributed by atoms with E-state index in [0.29, 0.717) is 6.04 Å². The van der Waals surface area contributed by atoms with Crippen LogP contribution in [-0.4, -0.2) is 52.0 Å². The van der Waals surface area contributed by atoms with Gasteiger partial charge < -0.3 is 19.1 Å². The second-order valence-corrected chi connectivity index (χ2v) is 6.23. The fourth-order valence-corrected chi connectivity index (χ4v) is 3.97. The van der Waals surface area contributed by atoms with Crippen molar-refractivity contribution in [3.05, 3.63) is 35.9 Å². The average Bonchev–Trinajstić information content (AvgIpc) is 2.91. The molecule has 2 aliphatic rings. The van der Waals surface area contributed by atoms with Crippen LogP contribution in [0.1, 0.15) is 18.4 Å². The molecule has 22 heavy (non-hydrogen) atoms. The van der Waals surface area contributed by atoms with E-state index in [9.17, 15) is 0 Å². The molecule has 0 bridgehead atoms. The van der Waals surface area contributed by atoms with Crippen LogP contribution >= 0.6 is 0 Å². The Hall–Kier alpha value is -1.52. The largest absolute Gasteiger partial charge is 0.493 e. The first-order valence-electron chi connectivity index (χ1n) is 7.79. The third-order valence-electron chi connectivity index (χ3n) is 5.29. The molecule has 1 heterocycles. The van der Waals surface area contributed by atoms with E-state index in [0.717, 1.165) is 30.9 Å². The van der Waals surface area contributed by atoms with E-state index >= 15 is 0 Å². The van der Waals surface area contributed by atoms with Gasteiger partial charge >= 0.3 is 0 Å². The van der Waals surface area contributed by atoms with Crippen LogP contribution in [0.15, 0.2) is 30.4 Å². The minimum Gasteiger partial charge on any atom is -0.493 e. The lowest BCUT2D eigenvalue weighted by molar-refractivity contribution is 0.0900. The third kappa shape index (κ3) is 2.31. The molecule has 1 aromatic rings. The van der Waals surface area contributed by atoms with Gasteiger partial charge in [0, 0.05) is 18.6 Å². The lowest BCUT2D eigenvalue weighted by Gasteiger charge is -2.40. The van der Waals surface area contributed by atoms with Gasteiger partial charge in [-0.2, -0.15) is 0 Å². The molecule has 3 atom stereocenters. The first-order chi connectivity index (χ1) is 10.6. The van der Waals surface area contributed by atoms with Crippen molar-refractivity contribution < 1.29 is 14.2 Å². The summed E-state index contributed by atoms with van der Waals surface area (Å²) < 4.78 is 16.4. The van der Waals surface area contributed by atoms with Crippen LogP contribution < -0.4 is 9.47 Å². The van der Waals surface area contributed by atoms with Gasteiger partial charge in [0.05, 0.1) is 20.3 Å². The number of methoxy groups -OCH3 is 3. The molecular formula is C18H25NO3. The van der Waals surface area contributed by atoms with Gasteiger partial charge in [0.2, 0.25) is 0 Å². The number of fused-ring (bicyclic) bond motifs is 1. The zero-order valence-electron chi connectivity index (χ0n) is 13.8. The summed E-state index contributed by atoms with van der Waals surface area (Å²) in [6.45, 7) is 1.10. The Labute approximate surface area is 132 Å². The van der Waals surface area contributed by atoms with Gasteiger partial charge in [-0.15, -0.1) is 0 Å². The second-order valence-electron chi connectivity index (χ2n) is 6.23. The standard InChI is InChI=1S/C18H25NO3/c1-19-10-9-18(8-7-14(20-2)12-17(18)19)13-5-6-15(21-3)16(11-13)22-4/h5-8,11,14,17H,9-10,12H2,1-4H3. The Balaban J connectivity index is 2.04. The molecule has 1 fully saturated rings. The number of rotatable bonds is 4. The molecular weight excluding hydrogens is 278 g/mol. The van der Waals surface area contributed by atoms with E-state index in [1.165, 1.54) is 5.56 Å². The van der Waals surface area contributed by atoms with Gasteiger partial charge in [0.25, 0.3) is 0 Å². The lowest BCUT2D eigenvalue weighted by Crippen LogP contribution is -2.44. The molecule has 3 unspecified atom stereocenters. The molecule has 1 aromatic carbocycles. The average molecular weight is 303 g/mol. The lowest BCUT2D eigenvalue weighted by atomic mass is 9.69. The maximum Gasteiger partial charge on any atom is 0.161 e. The highest BCUT2D eigenvalue weighted by molar-refractivity contribution is 5.48. The van der Waals surface area contributed by atoms with Crippen molar-refractivity contribution in [1.29, 1.82) is 0 Å². The highest BCUT2D eigenvalue weighted by atomic mass is 16.5. The smallest absolute Gasteiger partial charge is 0.161 e. The van der Waals surface area contributed by atoms with Crippen LogP contribution in [0.5, 0.6) is 11.5 Å². The monoisotopic (exact) mass is 303 g/mol. The molecule has 3 rings (SSSR count). The Kier molecular flexibility index (Phi) is 4.15. The van der Waals surface area contributed by atoms with Crippen molar-refractivity contribution in [2.75, 3.05) is 34.9 Å². The quantitative estimate of drug-likeness (QED) is 0.800. The van der Waals surface area contributed by atoms with Crippen LogP contribution in [0.4, 0.5) is 0 Å². The fourth-order valence-electron chi connectivity index (χ4n) is 3.97. The maximum atomic E-state index is 5.55. The summed E-state index contributed by atoms with van der Waals surface area (Å²) in [5.41, 5.74) is 1.34. The van der Waals surface area contributed by atoms with Gasteiger partial charge in [-0.1, -0.05) is 18.2 Å². The van der Waals surface area contributed by atoms with E-state index in [2.05, 4.69) is 36.2 Å². The first-order valence-corrected chi connectivity index (χ1v) is 7.79. The second kappa shape index (κ2) is 5.94. The molecule has 0 amide bonds. The summed E-state index contributed by atoms with van der Waals surface area (Å²) in [7, 11) is 7.35. The number of nitrogens with zero attached hydrogens (tertiary/aromatic N) is 1. The molecule has 1 saturated heterocycles. The van der Waals surface area contributed by atoms with Crippen molar-refractivity contribution in [2.45, 2.75) is 30.4 Å². The molecule has 0 N–H and O–H groups in total. The van der Waals surface area contributed by atoms with E-state index in [1.54, 1.807) is 21.3 Å². The summed E-state index contributed by atoms with van der Waals surface area (Å²) in [5.74, 6) is 1.57. The summed E-state index contributed by atoms with van der Waals surface area (Å²) in [4.78, 5) is 2.45. The Morgan fingerprint density at radius 3 is 2.59 bits per heavy atom. The molecule has 1 aliphatic carbocycles. The number of likely N-dealkylation sites (tertiary alicyclic amines) is 1. The Bertz CT molecular complexity index is 571. The number of likely N-dealkylation sites (N-methyl/N-ethyl adjacent to an activating group) is 1. The SMILES string of the molecule is COc1ccc(C23C=CC(OC)CC2N(C)CC3)cc1OC. The van der Waals surface area contributed by atoms with Gasteiger partial charge in [-0.05, 0) is 44.1 Å². The fraction of sp³-hybridized carbons (Fsp3) is 0.556. The van der Waals surface area contributed by atoms with Crippen molar-refractivity contribution in [3.63, 3.8) is 0 Å².